The smallest absolute Gasteiger partial charge is 0.257 e. The molecule has 0 fully saturated rings. The number of rotatable bonds is 4. The van der Waals surface area contributed by atoms with Gasteiger partial charge in [-0.15, -0.1) is 0 Å². The summed E-state index contributed by atoms with van der Waals surface area (Å²) in [7, 11) is 0. The van der Waals surface area contributed by atoms with Crippen molar-refractivity contribution >= 4 is 27.7 Å². The molecular weight excluding hydrogens is 339 g/mol. The van der Waals surface area contributed by atoms with Crippen molar-refractivity contribution in [2.45, 2.75) is 33.2 Å². The van der Waals surface area contributed by atoms with Crippen molar-refractivity contribution in [3.63, 3.8) is 0 Å². The van der Waals surface area contributed by atoms with Crippen molar-refractivity contribution in [2.75, 3.05) is 13.1 Å². The van der Waals surface area contributed by atoms with Gasteiger partial charge in [0.25, 0.3) is 5.91 Å². The van der Waals surface area contributed by atoms with E-state index in [1.54, 1.807) is 6.92 Å². The summed E-state index contributed by atoms with van der Waals surface area (Å²) in [6, 6.07) is 4.16. The fourth-order valence-electron chi connectivity index (χ4n) is 1.79. The highest BCUT2D eigenvalue weighted by Gasteiger charge is 2.22. The Morgan fingerprint density at radius 3 is 2.48 bits per heavy atom. The second kappa shape index (κ2) is 7.02. The number of halogens is 2. The van der Waals surface area contributed by atoms with Gasteiger partial charge in [0, 0.05) is 16.6 Å². The quantitative estimate of drug-likeness (QED) is 0.899. The maximum Gasteiger partial charge on any atom is 0.257 e. The number of likely N-dealkylation sites (N-methyl/N-ethyl adjacent to an activating group) is 1. The molecule has 0 spiro atoms. The van der Waals surface area contributed by atoms with Gasteiger partial charge in [-0.05, 0) is 45.9 Å². The van der Waals surface area contributed by atoms with Gasteiger partial charge in [0.2, 0.25) is 5.91 Å². The van der Waals surface area contributed by atoms with Crippen LogP contribution in [0.3, 0.4) is 0 Å². The van der Waals surface area contributed by atoms with Crippen LogP contribution in [0.2, 0.25) is 0 Å². The summed E-state index contributed by atoms with van der Waals surface area (Å²) in [6.45, 7) is 7.55. The predicted octanol–water partition coefficient (Wildman–Crippen LogP) is 2.97. The SMILES string of the molecule is CCN(CC(=O)NC(C)(C)C)C(=O)c1cc(Br)ccc1F. The monoisotopic (exact) mass is 358 g/mol. The Morgan fingerprint density at radius 1 is 1.33 bits per heavy atom. The average Bonchev–Trinajstić information content (AvgIpc) is 2.36. The van der Waals surface area contributed by atoms with Gasteiger partial charge in [0.05, 0.1) is 12.1 Å². The Labute approximate surface area is 132 Å². The maximum absolute atomic E-state index is 13.8. The molecule has 0 unspecified atom stereocenters. The minimum Gasteiger partial charge on any atom is -0.350 e. The standard InChI is InChI=1S/C15H20BrFN2O2/c1-5-19(9-13(20)18-15(2,3)4)14(21)11-8-10(16)6-7-12(11)17/h6-8H,5,9H2,1-4H3,(H,18,20). The van der Waals surface area contributed by atoms with Crippen molar-refractivity contribution in [3.8, 4) is 0 Å². The third-order valence-electron chi connectivity index (χ3n) is 2.68. The zero-order chi connectivity index (χ0) is 16.2. The fourth-order valence-corrected chi connectivity index (χ4v) is 2.15. The van der Waals surface area contributed by atoms with Crippen LogP contribution in [0, 0.1) is 5.82 Å². The highest BCUT2D eigenvalue weighted by Crippen LogP contribution is 2.17. The molecule has 116 valence electrons. The molecule has 1 aromatic rings. The summed E-state index contributed by atoms with van der Waals surface area (Å²) in [5, 5.41) is 2.78. The van der Waals surface area contributed by atoms with E-state index in [-0.39, 0.29) is 23.6 Å². The molecule has 1 rings (SSSR count). The number of benzene rings is 1. The van der Waals surface area contributed by atoms with Gasteiger partial charge < -0.3 is 10.2 Å². The van der Waals surface area contributed by atoms with Crippen LogP contribution in [0.1, 0.15) is 38.1 Å². The first kappa shape index (κ1) is 17.6. The van der Waals surface area contributed by atoms with Crippen LogP contribution in [0.15, 0.2) is 22.7 Å². The topological polar surface area (TPSA) is 49.4 Å². The Balaban J connectivity index is 2.87. The van der Waals surface area contributed by atoms with E-state index in [1.807, 2.05) is 20.8 Å². The molecule has 4 nitrogen and oxygen atoms in total. The van der Waals surface area contributed by atoms with Crippen LogP contribution >= 0.6 is 15.9 Å². The van der Waals surface area contributed by atoms with E-state index in [9.17, 15) is 14.0 Å². The van der Waals surface area contributed by atoms with Crippen LogP contribution < -0.4 is 5.32 Å². The number of carbonyl (C=O) groups is 2. The molecule has 1 aromatic carbocycles. The van der Waals surface area contributed by atoms with Crippen LogP contribution in [-0.2, 0) is 4.79 Å². The third-order valence-corrected chi connectivity index (χ3v) is 3.17. The normalized spacial score (nSPS) is 11.1. The first-order chi connectivity index (χ1) is 9.64. The van der Waals surface area contributed by atoms with Crippen LogP contribution in [0.5, 0.6) is 0 Å². The van der Waals surface area contributed by atoms with Gasteiger partial charge in [-0.2, -0.15) is 0 Å². The van der Waals surface area contributed by atoms with Crippen molar-refractivity contribution in [3.05, 3.63) is 34.1 Å². The lowest BCUT2D eigenvalue weighted by Crippen LogP contribution is -2.47. The van der Waals surface area contributed by atoms with E-state index in [2.05, 4.69) is 21.2 Å². The van der Waals surface area contributed by atoms with Crippen molar-refractivity contribution < 1.29 is 14.0 Å². The van der Waals surface area contributed by atoms with Crippen LogP contribution in [-0.4, -0.2) is 35.3 Å². The number of hydrogen-bond donors (Lipinski definition) is 1. The van der Waals surface area contributed by atoms with E-state index >= 15 is 0 Å². The van der Waals surface area contributed by atoms with E-state index in [4.69, 9.17) is 0 Å². The van der Waals surface area contributed by atoms with Crippen LogP contribution in [0.25, 0.3) is 0 Å². The lowest BCUT2D eigenvalue weighted by atomic mass is 10.1. The molecule has 0 aliphatic carbocycles. The lowest BCUT2D eigenvalue weighted by Gasteiger charge is -2.25. The number of hydrogen-bond acceptors (Lipinski definition) is 2. The summed E-state index contributed by atoms with van der Waals surface area (Å²) < 4.78 is 14.4. The Morgan fingerprint density at radius 2 is 1.95 bits per heavy atom. The van der Waals surface area contributed by atoms with E-state index < -0.39 is 11.7 Å². The predicted molar refractivity (Wildman–Crippen MR) is 83.6 cm³/mol. The first-order valence-corrected chi connectivity index (χ1v) is 7.48. The second-order valence-electron chi connectivity index (χ2n) is 5.74. The van der Waals surface area contributed by atoms with Gasteiger partial charge in [-0.25, -0.2) is 4.39 Å². The van der Waals surface area contributed by atoms with E-state index in [1.165, 1.54) is 23.1 Å². The fraction of sp³-hybridized carbons (Fsp3) is 0.467. The maximum atomic E-state index is 13.8. The number of nitrogens with zero attached hydrogens (tertiary/aromatic N) is 1. The number of nitrogens with one attached hydrogen (secondary N) is 1. The van der Waals surface area contributed by atoms with Gasteiger partial charge in [0.15, 0.2) is 0 Å². The van der Waals surface area contributed by atoms with Crippen molar-refractivity contribution in [1.82, 2.24) is 10.2 Å². The molecule has 0 bridgehead atoms. The number of amides is 2. The van der Waals surface area contributed by atoms with Crippen molar-refractivity contribution in [1.29, 1.82) is 0 Å². The van der Waals surface area contributed by atoms with Gasteiger partial charge in [-0.1, -0.05) is 15.9 Å². The molecule has 21 heavy (non-hydrogen) atoms. The molecule has 0 heterocycles. The first-order valence-electron chi connectivity index (χ1n) is 6.69. The zero-order valence-electron chi connectivity index (χ0n) is 12.7. The van der Waals surface area contributed by atoms with E-state index in [0.717, 1.165) is 0 Å². The summed E-state index contributed by atoms with van der Waals surface area (Å²) in [6.07, 6.45) is 0. The van der Waals surface area contributed by atoms with E-state index in [0.29, 0.717) is 11.0 Å². The van der Waals surface area contributed by atoms with Gasteiger partial charge in [0.1, 0.15) is 5.82 Å². The highest BCUT2D eigenvalue weighted by atomic mass is 79.9. The molecule has 6 heteroatoms. The molecule has 0 saturated carbocycles. The zero-order valence-corrected chi connectivity index (χ0v) is 14.3. The molecule has 0 radical (unpaired) electrons. The minimum atomic E-state index is -0.599. The molecule has 0 saturated heterocycles. The Bertz CT molecular complexity index is 541. The molecule has 0 aromatic heterocycles. The minimum absolute atomic E-state index is 0.0465. The second-order valence-corrected chi connectivity index (χ2v) is 6.66. The molecule has 0 atom stereocenters. The third kappa shape index (κ3) is 5.46. The number of carbonyl (C=O) groups excluding carboxylic acids is 2. The van der Waals surface area contributed by atoms with Gasteiger partial charge in [-0.3, -0.25) is 9.59 Å². The molecule has 0 aliphatic heterocycles. The Hall–Kier alpha value is -1.43. The molecule has 2 amide bonds. The molecular formula is C15H20BrFN2O2. The molecule has 1 N–H and O–H groups in total. The van der Waals surface area contributed by atoms with Crippen molar-refractivity contribution in [2.24, 2.45) is 0 Å². The Kier molecular flexibility index (Phi) is 5.89. The summed E-state index contributed by atoms with van der Waals surface area (Å²) in [4.78, 5) is 25.6. The largest absolute Gasteiger partial charge is 0.350 e. The average molecular weight is 359 g/mol. The summed E-state index contributed by atoms with van der Waals surface area (Å²) in [5.74, 6) is -1.37. The van der Waals surface area contributed by atoms with Gasteiger partial charge >= 0.3 is 0 Å². The summed E-state index contributed by atoms with van der Waals surface area (Å²) >= 11 is 3.21. The highest BCUT2D eigenvalue weighted by molar-refractivity contribution is 9.10. The lowest BCUT2D eigenvalue weighted by molar-refractivity contribution is -0.123. The summed E-state index contributed by atoms with van der Waals surface area (Å²) in [5.41, 5.74) is -0.421. The molecule has 0 aliphatic rings. The van der Waals surface area contributed by atoms with Crippen LogP contribution in [0.4, 0.5) is 4.39 Å².